The summed E-state index contributed by atoms with van der Waals surface area (Å²) in [5.41, 5.74) is 0.448. The number of thiol groups is 1. The SMILES string of the molecule is CCC(=O)Oc1ccc([SH]2C=CC=C2C(=O)O)c(CC(=O)O)c1. The lowest BCUT2D eigenvalue weighted by molar-refractivity contribution is -0.136. The molecule has 1 aliphatic heterocycles. The summed E-state index contributed by atoms with van der Waals surface area (Å²) in [7, 11) is -1.25. The van der Waals surface area contributed by atoms with E-state index in [4.69, 9.17) is 9.84 Å². The highest BCUT2D eigenvalue weighted by atomic mass is 32.2. The normalized spacial score (nSPS) is 17.6. The molecule has 0 spiro atoms. The Bertz CT molecular complexity index is 719. The van der Waals surface area contributed by atoms with Gasteiger partial charge in [-0.1, -0.05) is 13.0 Å². The summed E-state index contributed by atoms with van der Waals surface area (Å²) < 4.78 is 5.10. The molecule has 0 aliphatic carbocycles. The maximum absolute atomic E-state index is 11.4. The minimum Gasteiger partial charge on any atom is -0.481 e. The topological polar surface area (TPSA) is 101 Å². The number of ether oxygens (including phenoxy) is 1. The maximum Gasteiger partial charge on any atom is 0.341 e. The molecule has 1 aromatic rings. The number of allylic oxidation sites excluding steroid dienone is 2. The first-order valence-electron chi connectivity index (χ1n) is 6.88. The highest BCUT2D eigenvalue weighted by molar-refractivity contribution is 8.23. The van der Waals surface area contributed by atoms with Crippen molar-refractivity contribution in [2.45, 2.75) is 24.7 Å². The van der Waals surface area contributed by atoms with Crippen molar-refractivity contribution in [1.29, 1.82) is 0 Å². The third kappa shape index (κ3) is 4.01. The molecule has 122 valence electrons. The summed E-state index contributed by atoms with van der Waals surface area (Å²) in [6.45, 7) is 1.66. The lowest BCUT2D eigenvalue weighted by atomic mass is 10.1. The molecule has 0 bridgehead atoms. The van der Waals surface area contributed by atoms with Crippen LogP contribution in [0.15, 0.2) is 45.6 Å². The van der Waals surface area contributed by atoms with Crippen molar-refractivity contribution in [2.24, 2.45) is 0 Å². The quantitative estimate of drug-likeness (QED) is 0.419. The van der Waals surface area contributed by atoms with Gasteiger partial charge in [-0.2, -0.15) is 10.9 Å². The molecule has 1 aromatic carbocycles. The van der Waals surface area contributed by atoms with Gasteiger partial charge in [0, 0.05) is 6.42 Å². The van der Waals surface area contributed by atoms with E-state index in [-0.39, 0.29) is 23.5 Å². The molecule has 6 nitrogen and oxygen atoms in total. The molecule has 23 heavy (non-hydrogen) atoms. The molecule has 0 saturated carbocycles. The van der Waals surface area contributed by atoms with Crippen molar-refractivity contribution < 1.29 is 29.3 Å². The summed E-state index contributed by atoms with van der Waals surface area (Å²) in [6, 6.07) is 4.68. The monoisotopic (exact) mass is 336 g/mol. The minimum atomic E-state index is -1.25. The van der Waals surface area contributed by atoms with E-state index in [0.29, 0.717) is 10.5 Å². The zero-order chi connectivity index (χ0) is 17.0. The van der Waals surface area contributed by atoms with Gasteiger partial charge in [0.25, 0.3) is 0 Å². The molecule has 1 unspecified atom stereocenters. The number of esters is 1. The first-order valence-corrected chi connectivity index (χ1v) is 8.30. The van der Waals surface area contributed by atoms with Crippen molar-refractivity contribution in [3.05, 3.63) is 46.2 Å². The van der Waals surface area contributed by atoms with Crippen LogP contribution in [0.4, 0.5) is 0 Å². The van der Waals surface area contributed by atoms with Crippen LogP contribution in [0.1, 0.15) is 18.9 Å². The highest BCUT2D eigenvalue weighted by Crippen LogP contribution is 2.50. The van der Waals surface area contributed by atoms with Gasteiger partial charge in [0.2, 0.25) is 0 Å². The van der Waals surface area contributed by atoms with Gasteiger partial charge in [-0.3, -0.25) is 9.59 Å². The average Bonchev–Trinajstić information content (AvgIpc) is 2.96. The first-order chi connectivity index (χ1) is 10.9. The molecule has 0 radical (unpaired) electrons. The van der Waals surface area contributed by atoms with Gasteiger partial charge in [-0.05, 0) is 40.1 Å². The molecule has 2 N–H and O–H groups in total. The predicted octanol–water partition coefficient (Wildman–Crippen LogP) is 2.48. The Labute approximate surface area is 135 Å². The van der Waals surface area contributed by atoms with Crippen LogP contribution >= 0.6 is 10.9 Å². The number of carbonyl (C=O) groups excluding carboxylic acids is 1. The third-order valence-corrected chi connectivity index (χ3v) is 5.43. The molecule has 0 saturated heterocycles. The minimum absolute atomic E-state index is 0.206. The maximum atomic E-state index is 11.4. The summed E-state index contributed by atoms with van der Waals surface area (Å²) in [5, 5.41) is 20.1. The first kappa shape index (κ1) is 16.8. The predicted molar refractivity (Wildman–Crippen MR) is 85.8 cm³/mol. The Hall–Kier alpha value is -2.54. The number of rotatable bonds is 6. The fourth-order valence-corrected chi connectivity index (χ4v) is 4.11. The van der Waals surface area contributed by atoms with E-state index >= 15 is 0 Å². The fraction of sp³-hybridized carbons (Fsp3) is 0.188. The molecule has 7 heteroatoms. The number of benzene rings is 1. The van der Waals surface area contributed by atoms with E-state index in [1.165, 1.54) is 12.1 Å². The average molecular weight is 336 g/mol. The highest BCUT2D eigenvalue weighted by Gasteiger charge is 2.23. The lowest BCUT2D eigenvalue weighted by Gasteiger charge is -2.19. The van der Waals surface area contributed by atoms with Crippen LogP contribution in [0.3, 0.4) is 0 Å². The number of aliphatic carboxylic acids is 2. The Balaban J connectivity index is 2.40. The second-order valence-corrected chi connectivity index (χ2v) is 6.76. The van der Waals surface area contributed by atoms with E-state index in [1.54, 1.807) is 30.5 Å². The fourth-order valence-electron chi connectivity index (χ4n) is 2.13. The smallest absolute Gasteiger partial charge is 0.341 e. The number of carboxylic acids is 2. The number of hydrogen-bond donors (Lipinski definition) is 3. The van der Waals surface area contributed by atoms with Crippen LogP contribution in [0, 0.1) is 0 Å². The van der Waals surface area contributed by atoms with Crippen LogP contribution < -0.4 is 4.74 Å². The van der Waals surface area contributed by atoms with Gasteiger partial charge < -0.3 is 14.9 Å². The molecule has 1 aliphatic rings. The standard InChI is InChI=1S/C16H16O6S/c1-2-15(19)22-11-5-6-12(10(8-11)9-14(17)18)23-7-3-4-13(23)16(20)21/h3-8,23H,2,9H2,1H3,(H,17,18)(H,20,21). The van der Waals surface area contributed by atoms with Gasteiger partial charge in [-0.25, -0.2) is 4.79 Å². The molecular weight excluding hydrogens is 320 g/mol. The molecule has 1 atom stereocenters. The van der Waals surface area contributed by atoms with Crippen LogP contribution in [0.25, 0.3) is 0 Å². The summed E-state index contributed by atoms with van der Waals surface area (Å²) in [6.07, 6.45) is 3.11. The molecular formula is C16H16O6S. The van der Waals surface area contributed by atoms with Crippen LogP contribution in [0.5, 0.6) is 5.75 Å². The molecule has 0 amide bonds. The van der Waals surface area contributed by atoms with Crippen LogP contribution in [-0.4, -0.2) is 28.1 Å². The number of carbonyl (C=O) groups is 3. The van der Waals surface area contributed by atoms with Gasteiger partial charge in [-0.15, -0.1) is 0 Å². The van der Waals surface area contributed by atoms with Crippen molar-refractivity contribution >= 4 is 28.8 Å². The van der Waals surface area contributed by atoms with Crippen LogP contribution in [-0.2, 0) is 20.8 Å². The molecule has 2 rings (SSSR count). The van der Waals surface area contributed by atoms with Crippen molar-refractivity contribution in [1.82, 2.24) is 0 Å². The van der Waals surface area contributed by atoms with E-state index in [1.807, 2.05) is 0 Å². The second kappa shape index (κ2) is 7.15. The van der Waals surface area contributed by atoms with Crippen LogP contribution in [0.2, 0.25) is 0 Å². The molecule has 0 fully saturated rings. The van der Waals surface area contributed by atoms with E-state index < -0.39 is 28.8 Å². The largest absolute Gasteiger partial charge is 0.481 e. The van der Waals surface area contributed by atoms with Gasteiger partial charge >= 0.3 is 17.9 Å². The summed E-state index contributed by atoms with van der Waals surface area (Å²) in [5.74, 6) is -2.22. The van der Waals surface area contributed by atoms with Crippen molar-refractivity contribution in [3.8, 4) is 5.75 Å². The van der Waals surface area contributed by atoms with Gasteiger partial charge in [0.05, 0.1) is 11.3 Å². The Kier molecular flexibility index (Phi) is 5.23. The van der Waals surface area contributed by atoms with Crippen molar-refractivity contribution in [2.75, 3.05) is 0 Å². The second-order valence-electron chi connectivity index (χ2n) is 4.76. The lowest BCUT2D eigenvalue weighted by Crippen LogP contribution is -2.08. The van der Waals surface area contributed by atoms with E-state index in [9.17, 15) is 19.5 Å². The van der Waals surface area contributed by atoms with Gasteiger partial charge in [0.1, 0.15) is 5.75 Å². The third-order valence-electron chi connectivity index (χ3n) is 3.14. The summed E-state index contributed by atoms with van der Waals surface area (Å²) >= 11 is 0. The molecule has 0 aromatic heterocycles. The Morgan fingerprint density at radius 1 is 1.22 bits per heavy atom. The van der Waals surface area contributed by atoms with Gasteiger partial charge in [0.15, 0.2) is 0 Å². The zero-order valence-corrected chi connectivity index (χ0v) is 13.2. The Morgan fingerprint density at radius 3 is 2.57 bits per heavy atom. The zero-order valence-electron chi connectivity index (χ0n) is 12.4. The summed E-state index contributed by atoms with van der Waals surface area (Å²) in [4.78, 5) is 34.6. The molecule has 1 heterocycles. The van der Waals surface area contributed by atoms with E-state index in [2.05, 4.69) is 0 Å². The number of hydrogen-bond acceptors (Lipinski definition) is 4. The van der Waals surface area contributed by atoms with E-state index in [0.717, 1.165) is 0 Å². The van der Waals surface area contributed by atoms with Crippen molar-refractivity contribution in [3.63, 3.8) is 0 Å². The Morgan fingerprint density at radius 2 is 1.96 bits per heavy atom. The number of carboxylic acid groups (broad SMARTS) is 2.